The fourth-order valence-corrected chi connectivity index (χ4v) is 2.34. The Hall–Kier alpha value is -3.88. The Morgan fingerprint density at radius 1 is 1.26 bits per heavy atom. The zero-order chi connectivity index (χ0) is 19.4. The third kappa shape index (κ3) is 4.03. The first-order valence-electron chi connectivity index (χ1n) is 7.91. The summed E-state index contributed by atoms with van der Waals surface area (Å²) in [5, 5.41) is 22.7. The molecule has 3 aromatic rings. The number of rotatable bonds is 5. The van der Waals surface area contributed by atoms with E-state index in [4.69, 9.17) is 4.84 Å². The predicted octanol–water partition coefficient (Wildman–Crippen LogP) is 0.695. The second kappa shape index (κ2) is 7.56. The van der Waals surface area contributed by atoms with Crippen molar-refractivity contribution in [2.24, 2.45) is 5.10 Å². The summed E-state index contributed by atoms with van der Waals surface area (Å²) < 4.78 is 0.962. The minimum Gasteiger partial charge on any atom is -0.504 e. The third-order valence-corrected chi connectivity index (χ3v) is 3.62. The van der Waals surface area contributed by atoms with Crippen LogP contribution in [0.3, 0.4) is 0 Å². The molecule has 1 aromatic heterocycles. The van der Waals surface area contributed by atoms with Gasteiger partial charge in [0.2, 0.25) is 0 Å². The van der Waals surface area contributed by atoms with Gasteiger partial charge in [0.25, 0.3) is 11.5 Å². The van der Waals surface area contributed by atoms with Crippen LogP contribution in [0.4, 0.5) is 0 Å². The van der Waals surface area contributed by atoms with Crippen molar-refractivity contribution in [1.29, 1.82) is 0 Å². The van der Waals surface area contributed by atoms with Crippen LogP contribution >= 0.6 is 0 Å². The van der Waals surface area contributed by atoms with E-state index in [0.29, 0.717) is 22.3 Å². The highest BCUT2D eigenvalue weighted by molar-refractivity contribution is 5.83. The van der Waals surface area contributed by atoms with E-state index in [1.165, 1.54) is 24.4 Å². The van der Waals surface area contributed by atoms with Gasteiger partial charge in [0.15, 0.2) is 18.1 Å². The van der Waals surface area contributed by atoms with E-state index in [0.717, 1.165) is 4.73 Å². The number of phenolic OH excluding ortho intramolecular Hbond substituents is 2. The summed E-state index contributed by atoms with van der Waals surface area (Å²) >= 11 is 0. The van der Waals surface area contributed by atoms with Gasteiger partial charge in [-0.2, -0.15) is 5.10 Å². The molecule has 3 N–H and O–H groups in total. The molecule has 9 heteroatoms. The highest BCUT2D eigenvalue weighted by Crippen LogP contribution is 2.23. The summed E-state index contributed by atoms with van der Waals surface area (Å²) in [6, 6.07) is 10.9. The van der Waals surface area contributed by atoms with Gasteiger partial charge >= 0.3 is 0 Å². The van der Waals surface area contributed by atoms with Gasteiger partial charge in [-0.25, -0.2) is 10.4 Å². The van der Waals surface area contributed by atoms with Crippen molar-refractivity contribution in [3.63, 3.8) is 0 Å². The number of para-hydroxylation sites is 1. The lowest BCUT2D eigenvalue weighted by molar-refractivity contribution is -0.126. The van der Waals surface area contributed by atoms with Gasteiger partial charge in [-0.15, -0.1) is 4.73 Å². The second-order valence-corrected chi connectivity index (χ2v) is 5.59. The summed E-state index contributed by atoms with van der Waals surface area (Å²) in [5.74, 6) is -0.829. The SMILES string of the molecule is Cc1nc2ccccc2c(=O)n1OCC(=O)N/N=C/c1ccc(O)c(O)c1. The summed E-state index contributed by atoms with van der Waals surface area (Å²) in [7, 11) is 0. The molecule has 3 rings (SSSR count). The van der Waals surface area contributed by atoms with E-state index in [9.17, 15) is 19.8 Å². The van der Waals surface area contributed by atoms with Crippen molar-refractivity contribution in [3.8, 4) is 11.5 Å². The Morgan fingerprint density at radius 2 is 2.04 bits per heavy atom. The van der Waals surface area contributed by atoms with Crippen LogP contribution in [0.2, 0.25) is 0 Å². The number of fused-ring (bicyclic) bond motifs is 1. The lowest BCUT2D eigenvalue weighted by Crippen LogP contribution is -2.35. The molecule has 0 fully saturated rings. The zero-order valence-corrected chi connectivity index (χ0v) is 14.3. The van der Waals surface area contributed by atoms with E-state index >= 15 is 0 Å². The number of hydrogen-bond acceptors (Lipinski definition) is 7. The molecule has 138 valence electrons. The number of phenols is 2. The summed E-state index contributed by atoms with van der Waals surface area (Å²) in [6.45, 7) is 1.15. The highest BCUT2D eigenvalue weighted by atomic mass is 16.7. The standard InChI is InChI=1S/C18H16N4O5/c1-11-20-14-5-3-2-4-13(14)18(26)22(11)27-10-17(25)21-19-9-12-6-7-15(23)16(24)8-12/h2-9,23-24H,10H2,1H3,(H,21,25)/b19-9+. The molecule has 2 aromatic carbocycles. The van der Waals surface area contributed by atoms with Crippen molar-refractivity contribution < 1.29 is 19.8 Å². The zero-order valence-electron chi connectivity index (χ0n) is 14.3. The van der Waals surface area contributed by atoms with E-state index in [1.54, 1.807) is 31.2 Å². The quantitative estimate of drug-likeness (QED) is 0.346. The molecule has 0 saturated carbocycles. The minimum atomic E-state index is -0.589. The van der Waals surface area contributed by atoms with Crippen molar-refractivity contribution in [3.05, 3.63) is 64.2 Å². The van der Waals surface area contributed by atoms with Crippen molar-refractivity contribution in [1.82, 2.24) is 15.1 Å². The molecule has 0 spiro atoms. The Labute approximate surface area is 153 Å². The molecule has 1 amide bonds. The molecular formula is C18H16N4O5. The van der Waals surface area contributed by atoms with Crippen LogP contribution in [0, 0.1) is 6.92 Å². The fraction of sp³-hybridized carbons (Fsp3) is 0.111. The second-order valence-electron chi connectivity index (χ2n) is 5.59. The summed E-state index contributed by atoms with van der Waals surface area (Å²) in [5.41, 5.74) is 2.85. The summed E-state index contributed by atoms with van der Waals surface area (Å²) in [6.07, 6.45) is 1.28. The van der Waals surface area contributed by atoms with Crippen LogP contribution in [0.1, 0.15) is 11.4 Å². The van der Waals surface area contributed by atoms with Crippen molar-refractivity contribution in [2.45, 2.75) is 6.92 Å². The highest BCUT2D eigenvalue weighted by Gasteiger charge is 2.10. The monoisotopic (exact) mass is 368 g/mol. The third-order valence-electron chi connectivity index (χ3n) is 3.62. The number of nitrogens with one attached hydrogen (secondary N) is 1. The average molecular weight is 368 g/mol. The molecule has 9 nitrogen and oxygen atoms in total. The van der Waals surface area contributed by atoms with E-state index < -0.39 is 18.1 Å². The predicted molar refractivity (Wildman–Crippen MR) is 97.7 cm³/mol. The number of hydrazone groups is 1. The molecule has 1 heterocycles. The van der Waals surface area contributed by atoms with Crippen molar-refractivity contribution in [2.75, 3.05) is 6.61 Å². The molecule has 0 radical (unpaired) electrons. The number of carbonyl (C=O) groups is 1. The first-order chi connectivity index (χ1) is 13.0. The first kappa shape index (κ1) is 17.9. The first-order valence-corrected chi connectivity index (χ1v) is 7.91. The average Bonchev–Trinajstić information content (AvgIpc) is 2.64. The molecule has 0 saturated heterocycles. The molecule has 27 heavy (non-hydrogen) atoms. The smallest absolute Gasteiger partial charge is 0.294 e. The number of aryl methyl sites for hydroxylation is 1. The van der Waals surface area contributed by atoms with Crippen molar-refractivity contribution >= 4 is 23.0 Å². The molecule has 0 bridgehead atoms. The Kier molecular flexibility index (Phi) is 5.02. The number of hydrogen-bond donors (Lipinski definition) is 3. The number of benzene rings is 2. The van der Waals surface area contributed by atoms with Crippen LogP contribution in [0.5, 0.6) is 11.5 Å². The Balaban J connectivity index is 1.64. The molecular weight excluding hydrogens is 352 g/mol. The number of carbonyl (C=O) groups excluding carboxylic acids is 1. The van der Waals surface area contributed by atoms with Crippen LogP contribution < -0.4 is 15.8 Å². The fourth-order valence-electron chi connectivity index (χ4n) is 2.34. The topological polar surface area (TPSA) is 126 Å². The largest absolute Gasteiger partial charge is 0.504 e. The lowest BCUT2D eigenvalue weighted by atomic mass is 10.2. The minimum absolute atomic E-state index is 0.255. The van der Waals surface area contributed by atoms with Gasteiger partial charge in [0.1, 0.15) is 5.82 Å². The summed E-state index contributed by atoms with van der Waals surface area (Å²) in [4.78, 5) is 33.8. The number of aromatic hydroxyl groups is 2. The number of aromatic nitrogens is 2. The van der Waals surface area contributed by atoms with E-state index in [2.05, 4.69) is 15.5 Å². The Morgan fingerprint density at radius 3 is 2.81 bits per heavy atom. The van der Waals surface area contributed by atoms with Gasteiger partial charge in [0.05, 0.1) is 17.1 Å². The normalized spacial score (nSPS) is 11.0. The van der Waals surface area contributed by atoms with Gasteiger partial charge in [-0.3, -0.25) is 9.59 Å². The molecule has 0 atom stereocenters. The van der Waals surface area contributed by atoms with E-state index in [1.807, 2.05) is 0 Å². The van der Waals surface area contributed by atoms with Gasteiger partial charge in [-0.1, -0.05) is 12.1 Å². The van der Waals surface area contributed by atoms with Gasteiger partial charge < -0.3 is 15.1 Å². The Bertz CT molecular complexity index is 1090. The van der Waals surface area contributed by atoms with Crippen LogP contribution in [-0.4, -0.2) is 38.7 Å². The number of amides is 1. The maximum absolute atomic E-state index is 12.4. The molecule has 0 unspecified atom stereocenters. The van der Waals surface area contributed by atoms with Crippen LogP contribution in [-0.2, 0) is 4.79 Å². The lowest BCUT2D eigenvalue weighted by Gasteiger charge is -2.11. The maximum atomic E-state index is 12.4. The molecule has 0 aliphatic heterocycles. The van der Waals surface area contributed by atoms with Gasteiger partial charge in [-0.05, 0) is 42.8 Å². The molecule has 0 aliphatic carbocycles. The number of nitrogens with zero attached hydrogens (tertiary/aromatic N) is 3. The van der Waals surface area contributed by atoms with Crippen LogP contribution in [0.25, 0.3) is 10.9 Å². The molecule has 0 aliphatic rings. The maximum Gasteiger partial charge on any atom is 0.294 e. The van der Waals surface area contributed by atoms with Crippen LogP contribution in [0.15, 0.2) is 52.4 Å². The van der Waals surface area contributed by atoms with E-state index in [-0.39, 0.29) is 11.5 Å². The van der Waals surface area contributed by atoms with Gasteiger partial charge in [0, 0.05) is 0 Å².